The molecule has 2 aliphatic carbocycles. The van der Waals surface area contributed by atoms with Crippen LogP contribution < -0.4 is 10.6 Å². The zero-order valence-corrected chi connectivity index (χ0v) is 21.5. The molecule has 0 spiro atoms. The van der Waals surface area contributed by atoms with Crippen molar-refractivity contribution < 1.29 is 4.79 Å². The summed E-state index contributed by atoms with van der Waals surface area (Å²) >= 11 is 6.13. The van der Waals surface area contributed by atoms with Gasteiger partial charge in [-0.2, -0.15) is 0 Å². The normalized spacial score (nSPS) is 22.7. The van der Waals surface area contributed by atoms with Crippen LogP contribution >= 0.6 is 11.6 Å². The number of rotatable bonds is 7. The molecule has 0 unspecified atom stereocenters. The highest BCUT2D eigenvalue weighted by Crippen LogP contribution is 2.32. The minimum Gasteiger partial charge on any atom is -0.391 e. The molecule has 0 radical (unpaired) electrons. The fraction of sp³-hybridized carbons (Fsp3) is 0.630. The minimum atomic E-state index is -0.210. The predicted octanol–water partition coefficient (Wildman–Crippen LogP) is 4.37. The maximum atomic E-state index is 13.7. The van der Waals surface area contributed by atoms with E-state index < -0.39 is 0 Å². The standard InChI is InChI=1S/C27H40ClN5O/c1-19-8-13-24(30-2)25(19)26(29)32-14-16-33(17-15-32)27(34)23(20-9-11-21(28)12-10-20)18-31-22-6-4-3-5-7-22/h9-12,19,22-23,29-31H,3-8,13-18H2,1-2H3/t19-,23-/m1/s1. The van der Waals surface area contributed by atoms with Gasteiger partial charge in [0.05, 0.1) is 5.92 Å². The average molecular weight is 486 g/mol. The summed E-state index contributed by atoms with van der Waals surface area (Å²) in [5.74, 6) is 1.02. The number of piperazine rings is 1. The maximum Gasteiger partial charge on any atom is 0.231 e. The highest BCUT2D eigenvalue weighted by molar-refractivity contribution is 6.30. The number of amides is 1. The van der Waals surface area contributed by atoms with Gasteiger partial charge < -0.3 is 20.4 Å². The number of nitrogens with zero attached hydrogens (tertiary/aromatic N) is 2. The van der Waals surface area contributed by atoms with Gasteiger partial charge in [0.2, 0.25) is 5.91 Å². The zero-order valence-electron chi connectivity index (χ0n) is 20.7. The van der Waals surface area contributed by atoms with E-state index in [0.717, 1.165) is 24.0 Å². The summed E-state index contributed by atoms with van der Waals surface area (Å²) < 4.78 is 0. The fourth-order valence-electron chi connectivity index (χ4n) is 5.75. The lowest BCUT2D eigenvalue weighted by Gasteiger charge is -2.38. The van der Waals surface area contributed by atoms with Crippen LogP contribution in [0.15, 0.2) is 35.5 Å². The number of hydrogen-bond acceptors (Lipinski definition) is 4. The molecule has 4 rings (SSSR count). The lowest BCUT2D eigenvalue weighted by molar-refractivity contribution is -0.134. The van der Waals surface area contributed by atoms with Gasteiger partial charge in [0.25, 0.3) is 0 Å². The van der Waals surface area contributed by atoms with Gasteiger partial charge in [-0.3, -0.25) is 10.2 Å². The van der Waals surface area contributed by atoms with Crippen molar-refractivity contribution in [3.8, 4) is 0 Å². The first-order valence-corrected chi connectivity index (χ1v) is 13.4. The third-order valence-corrected chi connectivity index (χ3v) is 8.15. The van der Waals surface area contributed by atoms with Crippen LogP contribution in [0, 0.1) is 11.3 Å². The number of nitrogens with one attached hydrogen (secondary N) is 3. The molecule has 0 bridgehead atoms. The second kappa shape index (κ2) is 11.6. The van der Waals surface area contributed by atoms with E-state index >= 15 is 0 Å². The van der Waals surface area contributed by atoms with Crippen molar-refractivity contribution in [3.63, 3.8) is 0 Å². The lowest BCUT2D eigenvalue weighted by Crippen LogP contribution is -2.53. The molecular weight excluding hydrogens is 446 g/mol. The Morgan fingerprint density at radius 1 is 1.06 bits per heavy atom. The molecule has 1 aromatic rings. The van der Waals surface area contributed by atoms with Crippen molar-refractivity contribution in [2.75, 3.05) is 39.8 Å². The van der Waals surface area contributed by atoms with E-state index in [-0.39, 0.29) is 11.8 Å². The minimum absolute atomic E-state index is 0.182. The van der Waals surface area contributed by atoms with Crippen LogP contribution in [-0.4, -0.2) is 67.4 Å². The monoisotopic (exact) mass is 485 g/mol. The second-order valence-corrected chi connectivity index (χ2v) is 10.5. The molecule has 6 nitrogen and oxygen atoms in total. The number of amidine groups is 1. The van der Waals surface area contributed by atoms with E-state index in [2.05, 4.69) is 22.5 Å². The largest absolute Gasteiger partial charge is 0.391 e. The molecule has 1 saturated carbocycles. The van der Waals surface area contributed by atoms with Crippen molar-refractivity contribution in [1.82, 2.24) is 20.4 Å². The average Bonchev–Trinajstić information content (AvgIpc) is 3.25. The fourth-order valence-corrected chi connectivity index (χ4v) is 5.87. The summed E-state index contributed by atoms with van der Waals surface area (Å²) in [5.41, 5.74) is 3.38. The molecule has 2 fully saturated rings. The van der Waals surface area contributed by atoms with Crippen molar-refractivity contribution in [2.24, 2.45) is 5.92 Å². The predicted molar refractivity (Wildman–Crippen MR) is 139 cm³/mol. The molecule has 1 aromatic carbocycles. The van der Waals surface area contributed by atoms with Gasteiger partial charge in [0, 0.05) is 62.1 Å². The number of hydrogen-bond donors (Lipinski definition) is 3. The van der Waals surface area contributed by atoms with Gasteiger partial charge in [0.1, 0.15) is 5.84 Å². The number of benzene rings is 1. The van der Waals surface area contributed by atoms with Crippen LogP contribution in [0.2, 0.25) is 5.02 Å². The highest BCUT2D eigenvalue weighted by Gasteiger charge is 2.33. The highest BCUT2D eigenvalue weighted by atomic mass is 35.5. The van der Waals surface area contributed by atoms with Crippen molar-refractivity contribution >= 4 is 23.3 Å². The summed E-state index contributed by atoms with van der Waals surface area (Å²) in [6, 6.07) is 8.26. The van der Waals surface area contributed by atoms with Crippen LogP contribution in [0.1, 0.15) is 63.4 Å². The first-order chi connectivity index (χ1) is 16.5. The third kappa shape index (κ3) is 5.77. The van der Waals surface area contributed by atoms with Crippen molar-refractivity contribution in [3.05, 3.63) is 46.1 Å². The zero-order chi connectivity index (χ0) is 24.1. The SMILES string of the molecule is CNC1=C(C(=N)N2CCN(C(=O)[C@H](CNC3CCCCC3)c3ccc(Cl)cc3)CC2)[C@H](C)CC1. The van der Waals surface area contributed by atoms with Gasteiger partial charge in [-0.1, -0.05) is 49.9 Å². The Hall–Kier alpha value is -2.05. The Balaban J connectivity index is 1.40. The number of allylic oxidation sites excluding steroid dienone is 1. The summed E-state index contributed by atoms with van der Waals surface area (Å²) in [6.07, 6.45) is 8.39. The van der Waals surface area contributed by atoms with E-state index in [9.17, 15) is 4.79 Å². The molecule has 1 heterocycles. The van der Waals surface area contributed by atoms with Crippen LogP contribution in [0.5, 0.6) is 0 Å². The molecule has 1 saturated heterocycles. The van der Waals surface area contributed by atoms with E-state index in [0.29, 0.717) is 55.5 Å². The first-order valence-electron chi connectivity index (χ1n) is 13.0. The molecule has 1 aliphatic heterocycles. The Labute approximate surface area is 209 Å². The summed E-state index contributed by atoms with van der Waals surface area (Å²) in [6.45, 7) is 5.61. The quantitative estimate of drug-likeness (QED) is 0.396. The molecular formula is C27H40ClN5O. The first kappa shape index (κ1) is 25.1. The Kier molecular flexibility index (Phi) is 8.54. The van der Waals surface area contributed by atoms with Crippen molar-refractivity contribution in [2.45, 2.75) is 63.8 Å². The number of carbonyl (C=O) groups is 1. The van der Waals surface area contributed by atoms with Gasteiger partial charge in [-0.25, -0.2) is 0 Å². The van der Waals surface area contributed by atoms with E-state index in [4.69, 9.17) is 17.0 Å². The summed E-state index contributed by atoms with van der Waals surface area (Å²) in [5, 5.41) is 16.5. The second-order valence-electron chi connectivity index (χ2n) is 10.1. The molecule has 2 atom stereocenters. The summed E-state index contributed by atoms with van der Waals surface area (Å²) in [4.78, 5) is 17.8. The topological polar surface area (TPSA) is 71.5 Å². The van der Waals surface area contributed by atoms with E-state index in [1.54, 1.807) is 0 Å². The van der Waals surface area contributed by atoms with Crippen LogP contribution in [0.4, 0.5) is 0 Å². The van der Waals surface area contributed by atoms with Crippen LogP contribution in [0.3, 0.4) is 0 Å². The van der Waals surface area contributed by atoms with Gasteiger partial charge in [-0.05, 0) is 49.3 Å². The Morgan fingerprint density at radius 3 is 2.35 bits per heavy atom. The van der Waals surface area contributed by atoms with Crippen LogP contribution in [0.25, 0.3) is 0 Å². The van der Waals surface area contributed by atoms with E-state index in [1.165, 1.54) is 37.8 Å². The number of carbonyl (C=O) groups excluding carboxylic acids is 1. The molecule has 7 heteroatoms. The Morgan fingerprint density at radius 2 is 1.71 bits per heavy atom. The molecule has 34 heavy (non-hydrogen) atoms. The number of halogens is 1. The summed E-state index contributed by atoms with van der Waals surface area (Å²) in [7, 11) is 1.95. The molecule has 1 amide bonds. The Bertz CT molecular complexity index is 885. The molecule has 186 valence electrons. The molecule has 3 N–H and O–H groups in total. The third-order valence-electron chi connectivity index (χ3n) is 7.90. The van der Waals surface area contributed by atoms with Crippen molar-refractivity contribution in [1.29, 1.82) is 5.41 Å². The smallest absolute Gasteiger partial charge is 0.231 e. The van der Waals surface area contributed by atoms with Crippen LogP contribution in [-0.2, 0) is 4.79 Å². The van der Waals surface area contributed by atoms with Gasteiger partial charge in [-0.15, -0.1) is 0 Å². The van der Waals surface area contributed by atoms with E-state index in [1.807, 2.05) is 36.2 Å². The molecule has 0 aromatic heterocycles. The van der Waals surface area contributed by atoms with Gasteiger partial charge >= 0.3 is 0 Å². The lowest BCUT2D eigenvalue weighted by atomic mass is 9.93. The van der Waals surface area contributed by atoms with Gasteiger partial charge in [0.15, 0.2) is 0 Å². The maximum absolute atomic E-state index is 13.7. The molecule has 3 aliphatic rings.